The van der Waals surface area contributed by atoms with E-state index in [9.17, 15) is 23.1 Å². The highest BCUT2D eigenvalue weighted by molar-refractivity contribution is 7.17. The molecule has 3 aromatic rings. The summed E-state index contributed by atoms with van der Waals surface area (Å²) in [6.45, 7) is 0.794. The van der Waals surface area contributed by atoms with E-state index in [0.29, 0.717) is 18.2 Å². The van der Waals surface area contributed by atoms with Crippen LogP contribution in [0.2, 0.25) is 0 Å². The molecule has 4 rings (SSSR count). The molecule has 2 atom stereocenters. The number of anilines is 1. The van der Waals surface area contributed by atoms with E-state index in [0.717, 1.165) is 23.5 Å². The molecule has 0 saturated carbocycles. The van der Waals surface area contributed by atoms with Gasteiger partial charge in [-0.05, 0) is 18.2 Å². The number of halogens is 3. The van der Waals surface area contributed by atoms with E-state index in [-0.39, 0.29) is 16.5 Å². The number of β-amino-alcohol motifs (C(OH)–C–C–N with tert-alkyl or cyclic N) is 1. The van der Waals surface area contributed by atoms with Gasteiger partial charge in [0.15, 0.2) is 5.13 Å². The summed E-state index contributed by atoms with van der Waals surface area (Å²) in [5.74, 6) is -0.516. The average molecular weight is 408 g/mol. The Kier molecular flexibility index (Phi) is 4.68. The van der Waals surface area contributed by atoms with Crippen LogP contribution in [0.25, 0.3) is 0 Å². The first-order chi connectivity index (χ1) is 13.3. The van der Waals surface area contributed by atoms with Crippen LogP contribution in [0, 0.1) is 0 Å². The summed E-state index contributed by atoms with van der Waals surface area (Å²) in [4.78, 5) is 18.9. The van der Waals surface area contributed by atoms with Gasteiger partial charge in [-0.3, -0.25) is 9.48 Å². The number of benzene rings is 1. The van der Waals surface area contributed by atoms with Crippen molar-refractivity contribution in [3.8, 4) is 0 Å². The third-order valence-electron chi connectivity index (χ3n) is 4.56. The van der Waals surface area contributed by atoms with Crippen molar-refractivity contribution >= 4 is 22.3 Å². The Morgan fingerprint density at radius 2 is 2.07 bits per heavy atom. The molecule has 28 heavy (non-hydrogen) atoms. The van der Waals surface area contributed by atoms with Gasteiger partial charge in [-0.1, -0.05) is 23.5 Å². The molecule has 1 N–H and O–H groups in total. The fourth-order valence-corrected chi connectivity index (χ4v) is 4.05. The van der Waals surface area contributed by atoms with Gasteiger partial charge in [0.1, 0.15) is 0 Å². The van der Waals surface area contributed by atoms with Crippen LogP contribution in [-0.2, 0) is 6.18 Å². The Hall–Kier alpha value is -2.72. The van der Waals surface area contributed by atoms with E-state index in [1.807, 2.05) is 4.90 Å². The number of rotatable bonds is 4. The summed E-state index contributed by atoms with van der Waals surface area (Å²) in [5.41, 5.74) is -0.909. The maximum absolute atomic E-state index is 12.9. The molecule has 10 heteroatoms. The molecule has 0 radical (unpaired) electrons. The molecular formula is C18H15F3N4O2S. The number of thiazole rings is 1. The normalized spacial score (nSPS) is 19.9. The Morgan fingerprint density at radius 1 is 1.25 bits per heavy atom. The van der Waals surface area contributed by atoms with Crippen molar-refractivity contribution in [2.75, 3.05) is 18.0 Å². The number of carbonyl (C=O) groups is 1. The Bertz CT molecular complexity index is 987. The summed E-state index contributed by atoms with van der Waals surface area (Å²) in [5, 5.41) is 15.0. The van der Waals surface area contributed by atoms with Crippen LogP contribution in [0.1, 0.15) is 26.8 Å². The maximum Gasteiger partial charge on any atom is 0.416 e. The minimum atomic E-state index is -4.51. The highest BCUT2D eigenvalue weighted by Gasteiger charge is 2.35. The zero-order valence-electron chi connectivity index (χ0n) is 14.4. The number of aromatic nitrogens is 3. The minimum Gasteiger partial charge on any atom is -0.389 e. The highest BCUT2D eigenvalue weighted by Crippen LogP contribution is 2.33. The second kappa shape index (κ2) is 7.02. The van der Waals surface area contributed by atoms with Crippen molar-refractivity contribution in [2.45, 2.75) is 18.3 Å². The van der Waals surface area contributed by atoms with Gasteiger partial charge in [0.25, 0.3) is 0 Å². The van der Waals surface area contributed by atoms with Crippen LogP contribution < -0.4 is 4.90 Å². The van der Waals surface area contributed by atoms with Crippen molar-refractivity contribution in [2.24, 2.45) is 0 Å². The average Bonchev–Trinajstić information content (AvgIpc) is 3.40. The fourth-order valence-electron chi connectivity index (χ4n) is 3.16. The van der Waals surface area contributed by atoms with Gasteiger partial charge in [-0.25, -0.2) is 4.98 Å². The molecule has 1 saturated heterocycles. The second-order valence-corrected chi connectivity index (χ2v) is 7.45. The summed E-state index contributed by atoms with van der Waals surface area (Å²) >= 11 is 1.09. The number of hydrogen-bond acceptors (Lipinski definition) is 6. The van der Waals surface area contributed by atoms with Crippen LogP contribution in [0.3, 0.4) is 0 Å². The molecule has 1 aliphatic rings. The molecule has 3 heterocycles. The molecule has 0 amide bonds. The van der Waals surface area contributed by atoms with E-state index in [1.54, 1.807) is 23.1 Å². The molecule has 6 nitrogen and oxygen atoms in total. The summed E-state index contributed by atoms with van der Waals surface area (Å²) < 4.78 is 40.3. The fraction of sp³-hybridized carbons (Fsp3) is 0.278. The first kappa shape index (κ1) is 18.6. The van der Waals surface area contributed by atoms with E-state index in [1.165, 1.54) is 18.3 Å². The van der Waals surface area contributed by atoms with Crippen LogP contribution in [0.15, 0.2) is 48.9 Å². The van der Waals surface area contributed by atoms with E-state index >= 15 is 0 Å². The lowest BCUT2D eigenvalue weighted by Crippen LogP contribution is -2.22. The number of aliphatic hydroxyl groups is 1. The molecule has 0 aliphatic carbocycles. The molecule has 2 aromatic heterocycles. The second-order valence-electron chi connectivity index (χ2n) is 6.44. The van der Waals surface area contributed by atoms with E-state index in [4.69, 9.17) is 0 Å². The lowest BCUT2D eigenvalue weighted by molar-refractivity contribution is -0.137. The van der Waals surface area contributed by atoms with Crippen LogP contribution in [0.4, 0.5) is 18.3 Å². The van der Waals surface area contributed by atoms with E-state index < -0.39 is 23.6 Å². The zero-order chi connectivity index (χ0) is 19.9. The lowest BCUT2D eigenvalue weighted by Gasteiger charge is -2.14. The number of ketones is 1. The first-order valence-electron chi connectivity index (χ1n) is 8.43. The van der Waals surface area contributed by atoms with Crippen molar-refractivity contribution in [3.63, 3.8) is 0 Å². The number of alkyl halides is 3. The quantitative estimate of drug-likeness (QED) is 0.672. The highest BCUT2D eigenvalue weighted by atomic mass is 32.1. The largest absolute Gasteiger partial charge is 0.416 e. The molecule has 0 spiro atoms. The molecule has 2 unspecified atom stereocenters. The molecule has 1 aromatic carbocycles. The summed E-state index contributed by atoms with van der Waals surface area (Å²) in [7, 11) is 0. The van der Waals surface area contributed by atoms with Crippen LogP contribution in [0.5, 0.6) is 0 Å². The van der Waals surface area contributed by atoms with E-state index in [2.05, 4.69) is 10.1 Å². The third-order valence-corrected chi connectivity index (χ3v) is 5.62. The van der Waals surface area contributed by atoms with Gasteiger partial charge < -0.3 is 10.0 Å². The number of nitrogens with zero attached hydrogens (tertiary/aromatic N) is 4. The Labute approximate surface area is 161 Å². The van der Waals surface area contributed by atoms with Gasteiger partial charge in [0.2, 0.25) is 5.78 Å². The van der Waals surface area contributed by atoms with Crippen LogP contribution >= 0.6 is 11.3 Å². The Balaban J connectivity index is 1.53. The molecule has 146 valence electrons. The van der Waals surface area contributed by atoms with Crippen molar-refractivity contribution in [3.05, 3.63) is 64.9 Å². The SMILES string of the molecule is O=C(c1cccc(C(F)(F)F)c1)c1cnc(N2CC(O)C(n3cccn3)C2)s1. The number of carbonyl (C=O) groups excluding carboxylic acids is 1. The van der Waals surface area contributed by atoms with Crippen molar-refractivity contribution in [1.29, 1.82) is 0 Å². The zero-order valence-corrected chi connectivity index (χ0v) is 15.2. The van der Waals surface area contributed by atoms with Crippen LogP contribution in [-0.4, -0.2) is 44.8 Å². The maximum atomic E-state index is 12.9. The topological polar surface area (TPSA) is 71.2 Å². The smallest absolute Gasteiger partial charge is 0.389 e. The standard InChI is InChI=1S/C18H15F3N4O2S/c19-18(20,21)12-4-1-3-11(7-12)16(27)15-8-22-17(28-15)24-9-13(14(26)10-24)25-6-2-5-23-25/h1-8,13-14,26H,9-10H2. The summed E-state index contributed by atoms with van der Waals surface area (Å²) in [6.07, 6.45) is -0.406. The first-order valence-corrected chi connectivity index (χ1v) is 9.24. The molecule has 1 aliphatic heterocycles. The Morgan fingerprint density at radius 3 is 2.79 bits per heavy atom. The van der Waals surface area contributed by atoms with Gasteiger partial charge >= 0.3 is 6.18 Å². The molecule has 1 fully saturated rings. The summed E-state index contributed by atoms with van der Waals surface area (Å²) in [6, 6.07) is 5.87. The molecular weight excluding hydrogens is 393 g/mol. The van der Waals surface area contributed by atoms with Gasteiger partial charge in [-0.15, -0.1) is 0 Å². The minimum absolute atomic E-state index is 0.0408. The van der Waals surface area contributed by atoms with Crippen molar-refractivity contribution in [1.82, 2.24) is 14.8 Å². The molecule has 0 bridgehead atoms. The van der Waals surface area contributed by atoms with Gasteiger partial charge in [-0.2, -0.15) is 18.3 Å². The predicted octanol–water partition coefficient (Wildman–Crippen LogP) is 3.01. The van der Waals surface area contributed by atoms with Gasteiger partial charge in [0, 0.05) is 31.0 Å². The third kappa shape index (κ3) is 3.52. The lowest BCUT2D eigenvalue weighted by atomic mass is 10.1. The predicted molar refractivity (Wildman–Crippen MR) is 96.5 cm³/mol. The number of hydrogen-bond donors (Lipinski definition) is 1. The number of aliphatic hydroxyl groups excluding tert-OH is 1. The van der Waals surface area contributed by atoms with Gasteiger partial charge in [0.05, 0.1) is 28.8 Å². The van der Waals surface area contributed by atoms with Crippen molar-refractivity contribution < 1.29 is 23.1 Å². The monoisotopic (exact) mass is 408 g/mol.